The van der Waals surface area contributed by atoms with Gasteiger partial charge in [-0.3, -0.25) is 15.1 Å². The summed E-state index contributed by atoms with van der Waals surface area (Å²) in [6.07, 6.45) is 3.42. The first-order valence-electron chi connectivity index (χ1n) is 5.23. The van der Waals surface area contributed by atoms with E-state index in [9.17, 15) is 10.1 Å². The second-order valence-corrected chi connectivity index (χ2v) is 4.04. The van der Waals surface area contributed by atoms with Crippen molar-refractivity contribution in [2.24, 2.45) is 0 Å². The highest BCUT2D eigenvalue weighted by Crippen LogP contribution is 2.27. The number of pyridine rings is 1. The predicted octanol–water partition coefficient (Wildman–Crippen LogP) is 3.26. The van der Waals surface area contributed by atoms with Crippen LogP contribution in [0, 0.1) is 10.1 Å². The fraction of sp³-hybridized carbons (Fsp3) is 0.0833. The number of nitrogens with one attached hydrogen (secondary N) is 1. The van der Waals surface area contributed by atoms with Gasteiger partial charge in [0.1, 0.15) is 5.02 Å². The van der Waals surface area contributed by atoms with Crippen LogP contribution in [0.1, 0.15) is 5.56 Å². The zero-order valence-electron chi connectivity index (χ0n) is 9.34. The molecular formula is C12H10ClN3O2. The van der Waals surface area contributed by atoms with Crippen LogP contribution in [0.2, 0.25) is 5.02 Å². The molecule has 0 aliphatic carbocycles. The van der Waals surface area contributed by atoms with Crippen LogP contribution in [0.25, 0.3) is 0 Å². The van der Waals surface area contributed by atoms with Crippen LogP contribution in [0.3, 0.4) is 0 Å². The summed E-state index contributed by atoms with van der Waals surface area (Å²) in [7, 11) is 0. The second kappa shape index (κ2) is 5.46. The van der Waals surface area contributed by atoms with Crippen molar-refractivity contribution in [2.45, 2.75) is 6.54 Å². The molecule has 0 radical (unpaired) electrons. The largest absolute Gasteiger partial charge is 0.381 e. The van der Waals surface area contributed by atoms with Gasteiger partial charge in [-0.2, -0.15) is 0 Å². The summed E-state index contributed by atoms with van der Waals surface area (Å²) in [5, 5.41) is 13.9. The molecular weight excluding hydrogens is 254 g/mol. The van der Waals surface area contributed by atoms with E-state index in [0.29, 0.717) is 6.54 Å². The monoisotopic (exact) mass is 263 g/mol. The number of aromatic nitrogens is 1. The molecule has 2 aromatic rings. The Kier molecular flexibility index (Phi) is 3.74. The topological polar surface area (TPSA) is 68.1 Å². The van der Waals surface area contributed by atoms with Gasteiger partial charge in [-0.25, -0.2) is 0 Å². The van der Waals surface area contributed by atoms with Gasteiger partial charge < -0.3 is 5.32 Å². The number of rotatable bonds is 4. The first-order chi connectivity index (χ1) is 8.66. The van der Waals surface area contributed by atoms with E-state index in [-0.39, 0.29) is 10.7 Å². The number of nitro benzene ring substituents is 1. The molecule has 1 heterocycles. The van der Waals surface area contributed by atoms with Gasteiger partial charge in [0.15, 0.2) is 0 Å². The molecule has 0 unspecified atom stereocenters. The van der Waals surface area contributed by atoms with E-state index in [1.165, 1.54) is 6.07 Å². The summed E-state index contributed by atoms with van der Waals surface area (Å²) >= 11 is 5.81. The molecule has 1 aromatic carbocycles. The van der Waals surface area contributed by atoms with Gasteiger partial charge >= 0.3 is 0 Å². The first kappa shape index (κ1) is 12.3. The molecule has 0 amide bonds. The molecule has 0 fully saturated rings. The lowest BCUT2D eigenvalue weighted by Crippen LogP contribution is -1.99. The van der Waals surface area contributed by atoms with E-state index in [2.05, 4.69) is 10.3 Å². The highest BCUT2D eigenvalue weighted by Gasteiger charge is 2.11. The second-order valence-electron chi connectivity index (χ2n) is 3.63. The Morgan fingerprint density at radius 1 is 1.28 bits per heavy atom. The molecule has 92 valence electrons. The lowest BCUT2D eigenvalue weighted by Gasteiger charge is -2.06. The van der Waals surface area contributed by atoms with Gasteiger partial charge in [0.05, 0.1) is 4.92 Å². The summed E-state index contributed by atoms with van der Waals surface area (Å²) < 4.78 is 0. The van der Waals surface area contributed by atoms with E-state index in [0.717, 1.165) is 11.3 Å². The standard InChI is InChI=1S/C12H10ClN3O2/c13-11-7-10(1-2-12(11)16(17)18)15-8-9-3-5-14-6-4-9/h1-7,15H,8H2. The third-order valence-electron chi connectivity index (χ3n) is 2.39. The minimum atomic E-state index is -0.505. The smallest absolute Gasteiger partial charge is 0.288 e. The maximum absolute atomic E-state index is 10.6. The molecule has 2 rings (SSSR count). The van der Waals surface area contributed by atoms with Gasteiger partial charge in [0.2, 0.25) is 0 Å². The van der Waals surface area contributed by atoms with Crippen LogP contribution >= 0.6 is 11.6 Å². The number of anilines is 1. The Bertz CT molecular complexity index is 561. The molecule has 6 heteroatoms. The van der Waals surface area contributed by atoms with Crippen molar-refractivity contribution in [2.75, 3.05) is 5.32 Å². The molecule has 0 aliphatic heterocycles. The van der Waals surface area contributed by atoms with Crippen LogP contribution in [0.4, 0.5) is 11.4 Å². The fourth-order valence-electron chi connectivity index (χ4n) is 1.47. The maximum atomic E-state index is 10.6. The quantitative estimate of drug-likeness (QED) is 0.679. The minimum Gasteiger partial charge on any atom is -0.381 e. The molecule has 1 N–H and O–H groups in total. The Labute approximate surface area is 109 Å². The molecule has 18 heavy (non-hydrogen) atoms. The summed E-state index contributed by atoms with van der Waals surface area (Å²) in [6, 6.07) is 8.34. The normalized spacial score (nSPS) is 10.1. The average molecular weight is 264 g/mol. The molecule has 5 nitrogen and oxygen atoms in total. The number of hydrogen-bond donors (Lipinski definition) is 1. The molecule has 0 bridgehead atoms. The Balaban J connectivity index is 2.07. The lowest BCUT2D eigenvalue weighted by atomic mass is 10.2. The van der Waals surface area contributed by atoms with Gasteiger partial charge in [-0.15, -0.1) is 0 Å². The Morgan fingerprint density at radius 2 is 2.00 bits per heavy atom. The number of benzene rings is 1. The van der Waals surface area contributed by atoms with E-state index in [4.69, 9.17) is 11.6 Å². The zero-order valence-corrected chi connectivity index (χ0v) is 10.1. The molecule has 1 aromatic heterocycles. The summed E-state index contributed by atoms with van der Waals surface area (Å²) in [5.74, 6) is 0. The summed E-state index contributed by atoms with van der Waals surface area (Å²) in [6.45, 7) is 0.608. The third kappa shape index (κ3) is 2.95. The number of nitro groups is 1. The number of nitrogens with zero attached hydrogens (tertiary/aromatic N) is 2. The van der Waals surface area contributed by atoms with Crippen molar-refractivity contribution in [3.63, 3.8) is 0 Å². The van der Waals surface area contributed by atoms with Crippen molar-refractivity contribution < 1.29 is 4.92 Å². The highest BCUT2D eigenvalue weighted by molar-refractivity contribution is 6.32. The van der Waals surface area contributed by atoms with Gasteiger partial charge in [-0.05, 0) is 29.8 Å². The van der Waals surface area contributed by atoms with Crippen LogP contribution < -0.4 is 5.32 Å². The molecule has 0 saturated carbocycles. The van der Waals surface area contributed by atoms with Crippen molar-refractivity contribution in [1.82, 2.24) is 4.98 Å². The maximum Gasteiger partial charge on any atom is 0.288 e. The molecule has 0 atom stereocenters. The molecule has 0 spiro atoms. The van der Waals surface area contributed by atoms with Crippen molar-refractivity contribution in [3.8, 4) is 0 Å². The van der Waals surface area contributed by atoms with Gasteiger partial charge in [0.25, 0.3) is 5.69 Å². The van der Waals surface area contributed by atoms with Crippen LogP contribution in [-0.2, 0) is 6.54 Å². The van der Waals surface area contributed by atoms with Crippen molar-refractivity contribution in [3.05, 3.63) is 63.4 Å². The van der Waals surface area contributed by atoms with E-state index in [1.54, 1.807) is 24.5 Å². The molecule has 0 aliphatic rings. The lowest BCUT2D eigenvalue weighted by molar-refractivity contribution is -0.384. The number of hydrogen-bond acceptors (Lipinski definition) is 4. The van der Waals surface area contributed by atoms with Gasteiger partial charge in [0, 0.05) is 30.7 Å². The Morgan fingerprint density at radius 3 is 2.61 bits per heavy atom. The highest BCUT2D eigenvalue weighted by atomic mass is 35.5. The predicted molar refractivity (Wildman–Crippen MR) is 69.7 cm³/mol. The summed E-state index contributed by atoms with van der Waals surface area (Å²) in [5.41, 5.74) is 1.72. The van der Waals surface area contributed by atoms with Crippen molar-refractivity contribution >= 4 is 23.0 Å². The van der Waals surface area contributed by atoms with Crippen LogP contribution in [-0.4, -0.2) is 9.91 Å². The zero-order chi connectivity index (χ0) is 13.0. The van der Waals surface area contributed by atoms with Crippen LogP contribution in [0.5, 0.6) is 0 Å². The Hall–Kier alpha value is -2.14. The minimum absolute atomic E-state index is 0.0915. The SMILES string of the molecule is O=[N+]([O-])c1ccc(NCc2ccncc2)cc1Cl. The average Bonchev–Trinajstić information content (AvgIpc) is 2.37. The molecule has 0 saturated heterocycles. The third-order valence-corrected chi connectivity index (χ3v) is 2.69. The van der Waals surface area contributed by atoms with E-state index in [1.807, 2.05) is 12.1 Å². The van der Waals surface area contributed by atoms with E-state index < -0.39 is 4.92 Å². The van der Waals surface area contributed by atoms with E-state index >= 15 is 0 Å². The first-order valence-corrected chi connectivity index (χ1v) is 5.61. The fourth-order valence-corrected chi connectivity index (χ4v) is 1.72. The summed E-state index contributed by atoms with van der Waals surface area (Å²) in [4.78, 5) is 14.0. The number of halogens is 1. The van der Waals surface area contributed by atoms with Crippen LogP contribution in [0.15, 0.2) is 42.7 Å². The van der Waals surface area contributed by atoms with Crippen molar-refractivity contribution in [1.29, 1.82) is 0 Å². The van der Waals surface area contributed by atoms with Gasteiger partial charge in [-0.1, -0.05) is 11.6 Å².